The van der Waals surface area contributed by atoms with E-state index in [1.807, 2.05) is 0 Å². The minimum Gasteiger partial charge on any atom is -0.457 e. The second-order valence-electron chi connectivity index (χ2n) is 13.1. The molecule has 1 aliphatic carbocycles. The number of rotatable bonds is 30. The largest absolute Gasteiger partial charge is 0.472 e. The molecule has 284 valence electrons. The first-order valence-electron chi connectivity index (χ1n) is 18.5. The first-order chi connectivity index (χ1) is 23.0. The molecule has 0 heterocycles. The molecule has 6 atom stereocenters. The van der Waals surface area contributed by atoms with Crippen molar-refractivity contribution < 1.29 is 58.3 Å². The molecular formula is C35H67O12P. The van der Waals surface area contributed by atoms with Gasteiger partial charge in [-0.2, -0.15) is 0 Å². The Labute approximate surface area is 288 Å². The maximum Gasteiger partial charge on any atom is 0.472 e. The highest BCUT2D eigenvalue weighted by molar-refractivity contribution is 7.47. The number of allylic oxidation sites excluding steroid dienone is 2. The van der Waals surface area contributed by atoms with Crippen LogP contribution in [0.1, 0.15) is 142 Å². The van der Waals surface area contributed by atoms with Crippen LogP contribution in [0.15, 0.2) is 12.2 Å². The number of hydrogen-bond donors (Lipinski definition) is 6. The molecule has 48 heavy (non-hydrogen) atoms. The fourth-order valence-electron chi connectivity index (χ4n) is 5.58. The second kappa shape index (κ2) is 27.8. The van der Waals surface area contributed by atoms with Crippen molar-refractivity contribution in [2.24, 2.45) is 0 Å². The van der Waals surface area contributed by atoms with Crippen molar-refractivity contribution in [1.29, 1.82) is 0 Å². The average molecular weight is 711 g/mol. The summed E-state index contributed by atoms with van der Waals surface area (Å²) in [4.78, 5) is 22.9. The third-order valence-corrected chi connectivity index (χ3v) is 9.62. The zero-order valence-corrected chi connectivity index (χ0v) is 30.4. The molecule has 1 rings (SSSR count). The molecule has 0 saturated heterocycles. The van der Waals surface area contributed by atoms with E-state index >= 15 is 0 Å². The highest BCUT2D eigenvalue weighted by Gasteiger charge is 2.51. The van der Waals surface area contributed by atoms with E-state index in [-0.39, 0.29) is 13.0 Å². The van der Waals surface area contributed by atoms with Crippen molar-refractivity contribution in [3.63, 3.8) is 0 Å². The van der Waals surface area contributed by atoms with Crippen LogP contribution in [0.5, 0.6) is 0 Å². The van der Waals surface area contributed by atoms with Crippen LogP contribution in [-0.2, 0) is 27.9 Å². The summed E-state index contributed by atoms with van der Waals surface area (Å²) in [5, 5.41) is 49.8. The Balaban J connectivity index is 2.50. The van der Waals surface area contributed by atoms with Gasteiger partial charge in [0.15, 0.2) is 0 Å². The molecule has 0 aromatic carbocycles. The summed E-state index contributed by atoms with van der Waals surface area (Å²) in [6, 6.07) is 0. The Bertz CT molecular complexity index is 859. The van der Waals surface area contributed by atoms with Gasteiger partial charge < -0.3 is 39.9 Å². The average Bonchev–Trinajstić information content (AvgIpc) is 3.06. The molecule has 1 fully saturated rings. The summed E-state index contributed by atoms with van der Waals surface area (Å²) in [7, 11) is -5.00. The number of carbonyl (C=O) groups excluding carboxylic acids is 1. The van der Waals surface area contributed by atoms with Gasteiger partial charge in [-0.25, -0.2) is 4.57 Å². The topological polar surface area (TPSA) is 192 Å². The standard InChI is InChI=1S/C35H67O12P/c1-3-5-7-9-11-13-14-15-16-18-20-22-24-29(36)46-28(26-44-25-23-21-19-17-12-10-8-6-4-2)27-45-48(42,43)47-35-33(40)31(38)30(37)32(39)34(35)41/h11,13,28,30-35,37-41H,3-10,12,14-27H2,1-2H3,(H,42,43)/b13-11-. The van der Waals surface area contributed by atoms with Crippen molar-refractivity contribution in [2.45, 2.75) is 185 Å². The van der Waals surface area contributed by atoms with Gasteiger partial charge in [-0.1, -0.05) is 109 Å². The predicted molar refractivity (Wildman–Crippen MR) is 184 cm³/mol. The van der Waals surface area contributed by atoms with Gasteiger partial charge in [0, 0.05) is 13.0 Å². The quantitative estimate of drug-likeness (QED) is 0.0233. The summed E-state index contributed by atoms with van der Waals surface area (Å²) in [6.45, 7) is 4.17. The minimum atomic E-state index is -5.00. The molecule has 12 nitrogen and oxygen atoms in total. The molecule has 0 aromatic rings. The number of esters is 1. The van der Waals surface area contributed by atoms with Crippen LogP contribution in [0.25, 0.3) is 0 Å². The van der Waals surface area contributed by atoms with Crippen LogP contribution in [0, 0.1) is 0 Å². The Morgan fingerprint density at radius 1 is 0.646 bits per heavy atom. The molecule has 1 saturated carbocycles. The van der Waals surface area contributed by atoms with Crippen LogP contribution in [0.3, 0.4) is 0 Å². The molecule has 6 N–H and O–H groups in total. The summed E-state index contributed by atoms with van der Waals surface area (Å²) in [5.41, 5.74) is 0. The van der Waals surface area contributed by atoms with Gasteiger partial charge in [-0.05, 0) is 38.5 Å². The fraction of sp³-hybridized carbons (Fsp3) is 0.914. The lowest BCUT2D eigenvalue weighted by molar-refractivity contribution is -0.220. The van der Waals surface area contributed by atoms with Crippen molar-refractivity contribution in [3.8, 4) is 0 Å². The molecule has 0 bridgehead atoms. The predicted octanol–water partition coefficient (Wildman–Crippen LogP) is 5.63. The molecule has 0 aromatic heterocycles. The van der Waals surface area contributed by atoms with E-state index in [9.17, 15) is 39.8 Å². The summed E-state index contributed by atoms with van der Waals surface area (Å²) >= 11 is 0. The number of hydrogen-bond acceptors (Lipinski definition) is 11. The molecule has 6 unspecified atom stereocenters. The molecule has 0 aliphatic heterocycles. The number of aliphatic hydroxyl groups is 5. The lowest BCUT2D eigenvalue weighted by atomic mass is 9.85. The van der Waals surface area contributed by atoms with E-state index in [0.717, 1.165) is 57.8 Å². The number of phosphoric ester groups is 1. The van der Waals surface area contributed by atoms with Crippen molar-refractivity contribution in [3.05, 3.63) is 12.2 Å². The van der Waals surface area contributed by atoms with E-state index in [4.69, 9.17) is 18.5 Å². The normalized spacial score (nSPS) is 24.9. The van der Waals surface area contributed by atoms with Gasteiger partial charge in [0.05, 0.1) is 13.2 Å². The van der Waals surface area contributed by atoms with Crippen LogP contribution in [0.4, 0.5) is 0 Å². The smallest absolute Gasteiger partial charge is 0.457 e. The van der Waals surface area contributed by atoms with Crippen LogP contribution < -0.4 is 0 Å². The lowest BCUT2D eigenvalue weighted by Crippen LogP contribution is -2.64. The molecular weight excluding hydrogens is 643 g/mol. The number of aliphatic hydroxyl groups excluding tert-OH is 5. The fourth-order valence-corrected chi connectivity index (χ4v) is 6.56. The first-order valence-corrected chi connectivity index (χ1v) is 20.0. The van der Waals surface area contributed by atoms with Crippen LogP contribution >= 0.6 is 7.82 Å². The van der Waals surface area contributed by atoms with Gasteiger partial charge in [0.2, 0.25) is 0 Å². The van der Waals surface area contributed by atoms with Crippen molar-refractivity contribution >= 4 is 13.8 Å². The third kappa shape index (κ3) is 20.7. The number of carbonyl (C=O) groups is 1. The van der Waals surface area contributed by atoms with E-state index in [0.29, 0.717) is 13.0 Å². The molecule has 13 heteroatoms. The number of ether oxygens (including phenoxy) is 2. The third-order valence-electron chi connectivity index (χ3n) is 8.64. The molecule has 0 radical (unpaired) electrons. The summed E-state index contributed by atoms with van der Waals surface area (Å²) in [5.74, 6) is -0.489. The Morgan fingerprint density at radius 2 is 1.10 bits per heavy atom. The Hall–Kier alpha value is -0.920. The zero-order valence-electron chi connectivity index (χ0n) is 29.5. The highest BCUT2D eigenvalue weighted by atomic mass is 31.2. The lowest BCUT2D eigenvalue weighted by Gasteiger charge is -2.41. The number of unbranched alkanes of at least 4 members (excludes halogenated alkanes) is 16. The van der Waals surface area contributed by atoms with Crippen molar-refractivity contribution in [2.75, 3.05) is 19.8 Å². The van der Waals surface area contributed by atoms with E-state index in [1.54, 1.807) is 0 Å². The van der Waals surface area contributed by atoms with Gasteiger partial charge in [0.1, 0.15) is 42.7 Å². The second-order valence-corrected chi connectivity index (χ2v) is 14.5. The minimum absolute atomic E-state index is 0.0764. The maximum absolute atomic E-state index is 12.7. The van der Waals surface area contributed by atoms with Crippen molar-refractivity contribution in [1.82, 2.24) is 0 Å². The Morgan fingerprint density at radius 3 is 1.69 bits per heavy atom. The van der Waals surface area contributed by atoms with E-state index < -0.39 is 63.1 Å². The van der Waals surface area contributed by atoms with Gasteiger partial charge in [-0.3, -0.25) is 13.8 Å². The van der Waals surface area contributed by atoms with E-state index in [1.165, 1.54) is 57.8 Å². The van der Waals surface area contributed by atoms with E-state index in [2.05, 4.69) is 26.0 Å². The van der Waals surface area contributed by atoms with Gasteiger partial charge in [-0.15, -0.1) is 0 Å². The summed E-state index contributed by atoms with van der Waals surface area (Å²) in [6.07, 6.45) is 13.1. The Kier molecular flexibility index (Phi) is 26.1. The number of phosphoric acid groups is 1. The summed E-state index contributed by atoms with van der Waals surface area (Å²) < 4.78 is 33.8. The highest BCUT2D eigenvalue weighted by Crippen LogP contribution is 2.47. The zero-order chi connectivity index (χ0) is 35.6. The SMILES string of the molecule is CCCCC/C=C\CCCCCCCC(=O)OC(COCCCCCCCCCCC)COP(=O)(O)OC1C(O)C(O)C(O)C(O)C1O. The molecule has 1 aliphatic rings. The van der Waals surface area contributed by atoms with Gasteiger partial charge >= 0.3 is 13.8 Å². The monoisotopic (exact) mass is 710 g/mol. The van der Waals surface area contributed by atoms with Gasteiger partial charge in [0.25, 0.3) is 0 Å². The van der Waals surface area contributed by atoms with Crippen LogP contribution in [-0.4, -0.2) is 98.9 Å². The van der Waals surface area contributed by atoms with Crippen LogP contribution in [0.2, 0.25) is 0 Å². The molecule has 0 spiro atoms. The maximum atomic E-state index is 12.7. The molecule has 0 amide bonds. The first kappa shape index (κ1) is 45.1.